The second-order valence-corrected chi connectivity index (χ2v) is 3.58. The van der Waals surface area contributed by atoms with Crippen LogP contribution in [0.2, 0.25) is 0 Å². The largest absolute Gasteiger partial charge is 0.369 e. The van der Waals surface area contributed by atoms with E-state index in [1.807, 2.05) is 39.0 Å². The van der Waals surface area contributed by atoms with Gasteiger partial charge in [-0.15, -0.1) is 0 Å². The molecule has 1 heterocycles. The molecule has 0 fully saturated rings. The fourth-order valence-electron chi connectivity index (χ4n) is 1.19. The van der Waals surface area contributed by atoms with Crippen LogP contribution in [0.15, 0.2) is 6.07 Å². The highest BCUT2D eigenvalue weighted by Gasteiger charge is 2.02. The zero-order chi connectivity index (χ0) is 11.3. The van der Waals surface area contributed by atoms with Crippen molar-refractivity contribution in [2.75, 3.05) is 44.4 Å². The molecule has 2 N–H and O–H groups in total. The maximum atomic E-state index is 4.32. The van der Waals surface area contributed by atoms with Gasteiger partial charge in [0.1, 0.15) is 17.5 Å². The summed E-state index contributed by atoms with van der Waals surface area (Å²) in [4.78, 5) is 10.6. The Hall–Kier alpha value is -1.36. The minimum Gasteiger partial charge on any atom is -0.369 e. The van der Waals surface area contributed by atoms with E-state index in [-0.39, 0.29) is 0 Å². The molecular formula is C10H19N5. The summed E-state index contributed by atoms with van der Waals surface area (Å²) in [5, 5.41) is 6.32. The Kier molecular flexibility index (Phi) is 4.30. The van der Waals surface area contributed by atoms with Crippen LogP contribution >= 0.6 is 0 Å². The second-order valence-electron chi connectivity index (χ2n) is 3.58. The molecule has 0 saturated carbocycles. The lowest BCUT2D eigenvalue weighted by Gasteiger charge is -2.13. The first kappa shape index (κ1) is 11.7. The standard InChI is InChI=1S/C10H19N5/c1-8-13-9(12-6-5-11-2)7-10(14-8)15(3)4/h7,11H,5-6H2,1-4H3,(H,12,13,14). The minimum absolute atomic E-state index is 0.785. The van der Waals surface area contributed by atoms with Crippen molar-refractivity contribution in [3.63, 3.8) is 0 Å². The van der Waals surface area contributed by atoms with Gasteiger partial charge in [0.25, 0.3) is 0 Å². The molecule has 1 aromatic rings. The van der Waals surface area contributed by atoms with Crippen molar-refractivity contribution < 1.29 is 0 Å². The Balaban J connectivity index is 2.71. The van der Waals surface area contributed by atoms with Gasteiger partial charge < -0.3 is 15.5 Å². The van der Waals surface area contributed by atoms with Crippen LogP contribution in [0.3, 0.4) is 0 Å². The van der Waals surface area contributed by atoms with E-state index in [1.54, 1.807) is 0 Å². The quantitative estimate of drug-likeness (QED) is 0.691. The molecule has 0 bridgehead atoms. The van der Waals surface area contributed by atoms with Crippen LogP contribution in [-0.4, -0.2) is 44.2 Å². The number of likely N-dealkylation sites (N-methyl/N-ethyl adjacent to an activating group) is 1. The predicted molar refractivity (Wildman–Crippen MR) is 63.5 cm³/mol. The van der Waals surface area contributed by atoms with Gasteiger partial charge in [-0.25, -0.2) is 9.97 Å². The molecule has 0 spiro atoms. The number of hydrogen-bond donors (Lipinski definition) is 2. The lowest BCUT2D eigenvalue weighted by atomic mass is 10.4. The number of anilines is 2. The molecule has 0 aliphatic heterocycles. The van der Waals surface area contributed by atoms with Gasteiger partial charge in [0.05, 0.1) is 0 Å². The Morgan fingerprint density at radius 2 is 2.00 bits per heavy atom. The molecule has 84 valence electrons. The van der Waals surface area contributed by atoms with Crippen LogP contribution in [0.4, 0.5) is 11.6 Å². The molecule has 0 saturated heterocycles. The van der Waals surface area contributed by atoms with Crippen molar-refractivity contribution >= 4 is 11.6 Å². The molecule has 0 atom stereocenters. The predicted octanol–water partition coefficient (Wildman–Crippen LogP) is 0.482. The summed E-state index contributed by atoms with van der Waals surface area (Å²) in [6, 6.07) is 1.95. The number of nitrogens with one attached hydrogen (secondary N) is 2. The van der Waals surface area contributed by atoms with E-state index in [1.165, 1.54) is 0 Å². The van der Waals surface area contributed by atoms with Gasteiger partial charge in [0.15, 0.2) is 0 Å². The number of hydrogen-bond acceptors (Lipinski definition) is 5. The Morgan fingerprint density at radius 1 is 1.27 bits per heavy atom. The summed E-state index contributed by atoms with van der Waals surface area (Å²) in [6.07, 6.45) is 0. The highest BCUT2D eigenvalue weighted by atomic mass is 15.2. The molecule has 0 aromatic carbocycles. The van der Waals surface area contributed by atoms with Crippen LogP contribution in [-0.2, 0) is 0 Å². The van der Waals surface area contributed by atoms with E-state index in [0.29, 0.717) is 0 Å². The fourth-order valence-corrected chi connectivity index (χ4v) is 1.19. The number of nitrogens with zero attached hydrogens (tertiary/aromatic N) is 3. The zero-order valence-electron chi connectivity index (χ0n) is 9.83. The van der Waals surface area contributed by atoms with Gasteiger partial charge in [-0.05, 0) is 14.0 Å². The van der Waals surface area contributed by atoms with Crippen molar-refractivity contribution in [1.82, 2.24) is 15.3 Å². The van der Waals surface area contributed by atoms with Crippen LogP contribution < -0.4 is 15.5 Å². The summed E-state index contributed by atoms with van der Waals surface area (Å²) in [7, 11) is 5.87. The van der Waals surface area contributed by atoms with Gasteiger partial charge in [-0.3, -0.25) is 0 Å². The van der Waals surface area contributed by atoms with Crippen LogP contribution in [0, 0.1) is 6.92 Å². The topological polar surface area (TPSA) is 53.1 Å². The first-order valence-corrected chi connectivity index (χ1v) is 5.05. The van der Waals surface area contributed by atoms with Crippen molar-refractivity contribution in [1.29, 1.82) is 0 Å². The molecule has 15 heavy (non-hydrogen) atoms. The third-order valence-electron chi connectivity index (χ3n) is 1.96. The average Bonchev–Trinajstić information content (AvgIpc) is 2.17. The summed E-state index contributed by atoms with van der Waals surface area (Å²) in [5.74, 6) is 2.59. The van der Waals surface area contributed by atoms with E-state index >= 15 is 0 Å². The summed E-state index contributed by atoms with van der Waals surface area (Å²) < 4.78 is 0. The van der Waals surface area contributed by atoms with Crippen molar-refractivity contribution in [2.24, 2.45) is 0 Å². The fraction of sp³-hybridized carbons (Fsp3) is 0.600. The third-order valence-corrected chi connectivity index (χ3v) is 1.96. The molecule has 5 heteroatoms. The first-order chi connectivity index (χ1) is 7.13. The maximum absolute atomic E-state index is 4.32. The molecule has 0 unspecified atom stereocenters. The lowest BCUT2D eigenvalue weighted by molar-refractivity contribution is 0.819. The SMILES string of the molecule is CNCCNc1cc(N(C)C)nc(C)n1. The third kappa shape index (κ3) is 3.71. The molecule has 0 radical (unpaired) electrons. The van der Waals surface area contributed by atoms with Crippen molar-refractivity contribution in [3.8, 4) is 0 Å². The molecule has 0 amide bonds. The normalized spacial score (nSPS) is 10.1. The van der Waals surface area contributed by atoms with Crippen LogP contribution in [0.1, 0.15) is 5.82 Å². The molecule has 0 aliphatic rings. The number of aromatic nitrogens is 2. The van der Waals surface area contributed by atoms with E-state index in [0.717, 1.165) is 30.5 Å². The molecule has 5 nitrogen and oxygen atoms in total. The van der Waals surface area contributed by atoms with E-state index in [9.17, 15) is 0 Å². The van der Waals surface area contributed by atoms with E-state index in [2.05, 4.69) is 20.6 Å². The first-order valence-electron chi connectivity index (χ1n) is 5.05. The monoisotopic (exact) mass is 209 g/mol. The number of aryl methyl sites for hydroxylation is 1. The van der Waals surface area contributed by atoms with Gasteiger partial charge >= 0.3 is 0 Å². The smallest absolute Gasteiger partial charge is 0.133 e. The minimum atomic E-state index is 0.785. The van der Waals surface area contributed by atoms with Gasteiger partial charge in [-0.1, -0.05) is 0 Å². The average molecular weight is 209 g/mol. The number of rotatable bonds is 5. The summed E-state index contributed by atoms with van der Waals surface area (Å²) in [5.41, 5.74) is 0. The molecule has 1 aromatic heterocycles. The van der Waals surface area contributed by atoms with E-state index < -0.39 is 0 Å². The second kappa shape index (κ2) is 5.50. The molecule has 1 rings (SSSR count). The molecule has 0 aliphatic carbocycles. The van der Waals surface area contributed by atoms with Crippen molar-refractivity contribution in [3.05, 3.63) is 11.9 Å². The zero-order valence-corrected chi connectivity index (χ0v) is 9.83. The summed E-state index contributed by atoms with van der Waals surface area (Å²) >= 11 is 0. The van der Waals surface area contributed by atoms with Crippen LogP contribution in [0.5, 0.6) is 0 Å². The van der Waals surface area contributed by atoms with Gasteiger partial charge in [0, 0.05) is 33.3 Å². The highest BCUT2D eigenvalue weighted by Crippen LogP contribution is 2.12. The molecular weight excluding hydrogens is 190 g/mol. The van der Waals surface area contributed by atoms with E-state index in [4.69, 9.17) is 0 Å². The van der Waals surface area contributed by atoms with Crippen molar-refractivity contribution in [2.45, 2.75) is 6.92 Å². The Bertz CT molecular complexity index is 311. The Morgan fingerprint density at radius 3 is 2.60 bits per heavy atom. The Labute approximate surface area is 90.9 Å². The summed E-state index contributed by atoms with van der Waals surface area (Å²) in [6.45, 7) is 3.68. The van der Waals surface area contributed by atoms with Gasteiger partial charge in [-0.2, -0.15) is 0 Å². The maximum Gasteiger partial charge on any atom is 0.133 e. The van der Waals surface area contributed by atoms with Gasteiger partial charge in [0.2, 0.25) is 0 Å². The lowest BCUT2D eigenvalue weighted by Crippen LogP contribution is -2.19. The van der Waals surface area contributed by atoms with Crippen LogP contribution in [0.25, 0.3) is 0 Å². The highest BCUT2D eigenvalue weighted by molar-refractivity contribution is 5.48.